The van der Waals surface area contributed by atoms with E-state index in [1.165, 1.54) is 18.9 Å². The number of Topliss-reactive ketones (excluding diaryl/α,β-unsaturated/α-hetero) is 1. The fourth-order valence-electron chi connectivity index (χ4n) is 2.58. The van der Waals surface area contributed by atoms with Gasteiger partial charge in [0.1, 0.15) is 5.75 Å². The summed E-state index contributed by atoms with van der Waals surface area (Å²) in [6, 6.07) is 17.0. The molecule has 2 aromatic carbocycles. The van der Waals surface area contributed by atoms with Gasteiger partial charge < -0.3 is 4.74 Å². The number of para-hydroxylation sites is 1. The van der Waals surface area contributed by atoms with Crippen molar-refractivity contribution in [2.45, 2.75) is 18.1 Å². The molecule has 1 aromatic heterocycles. The highest BCUT2D eigenvalue weighted by atomic mass is 32.2. The van der Waals surface area contributed by atoms with E-state index in [1.807, 2.05) is 36.4 Å². The molecule has 0 aliphatic heterocycles. The quantitative estimate of drug-likeness (QED) is 0.488. The molecule has 0 amide bonds. The normalized spacial score (nSPS) is 10.7. The number of hydrogen-bond donors (Lipinski definition) is 1. The van der Waals surface area contributed by atoms with Crippen LogP contribution in [0.4, 0.5) is 0 Å². The van der Waals surface area contributed by atoms with E-state index in [0.29, 0.717) is 29.4 Å². The van der Waals surface area contributed by atoms with Crippen molar-refractivity contribution in [1.29, 1.82) is 0 Å². The van der Waals surface area contributed by atoms with E-state index in [4.69, 9.17) is 4.74 Å². The van der Waals surface area contributed by atoms with Crippen LogP contribution in [0.25, 0.3) is 0 Å². The fourth-order valence-corrected chi connectivity index (χ4v) is 3.43. The van der Waals surface area contributed by atoms with E-state index in [-0.39, 0.29) is 17.2 Å². The maximum Gasteiger partial charge on any atom is 0.343 e. The van der Waals surface area contributed by atoms with E-state index < -0.39 is 0 Å². The number of nitrogens with zero attached hydrogens (tertiary/aromatic N) is 2. The largest absolute Gasteiger partial charge is 0.496 e. The number of H-pyrrole nitrogens is 1. The summed E-state index contributed by atoms with van der Waals surface area (Å²) in [6.45, 7) is 0.504. The monoisotopic (exact) mass is 369 g/mol. The zero-order valence-corrected chi connectivity index (χ0v) is 15.2. The zero-order chi connectivity index (χ0) is 18.4. The van der Waals surface area contributed by atoms with Crippen LogP contribution < -0.4 is 10.4 Å². The van der Waals surface area contributed by atoms with Crippen LogP contribution in [0.15, 0.2) is 64.5 Å². The molecule has 1 heterocycles. The molecule has 0 aliphatic carbocycles. The Balaban J connectivity index is 1.67. The van der Waals surface area contributed by atoms with Gasteiger partial charge in [-0.25, -0.2) is 9.89 Å². The van der Waals surface area contributed by atoms with Crippen molar-refractivity contribution in [3.05, 3.63) is 76.2 Å². The Morgan fingerprint density at radius 3 is 2.65 bits per heavy atom. The van der Waals surface area contributed by atoms with E-state index in [0.717, 1.165) is 5.56 Å². The lowest BCUT2D eigenvalue weighted by Gasteiger charge is -2.08. The number of carbonyl (C=O) groups is 1. The standard InChI is InChI=1S/C19H19N3O3S/c1-25-17-10-6-5-9-15(17)16(23)13-26-19-21-20-18(24)22(19)12-11-14-7-3-2-4-8-14/h2-10H,11-13H2,1H3,(H,20,24). The minimum atomic E-state index is -0.270. The average Bonchev–Trinajstić information content (AvgIpc) is 3.04. The molecule has 0 bridgehead atoms. The Kier molecular flexibility index (Phi) is 5.91. The third-order valence-electron chi connectivity index (χ3n) is 3.93. The number of methoxy groups -OCH3 is 1. The minimum Gasteiger partial charge on any atom is -0.496 e. The van der Waals surface area contributed by atoms with Crippen molar-refractivity contribution in [3.63, 3.8) is 0 Å². The van der Waals surface area contributed by atoms with Crippen LogP contribution in [0.1, 0.15) is 15.9 Å². The van der Waals surface area contributed by atoms with Gasteiger partial charge >= 0.3 is 5.69 Å². The van der Waals surface area contributed by atoms with Gasteiger partial charge in [-0.05, 0) is 24.1 Å². The van der Waals surface area contributed by atoms with Crippen LogP contribution in [-0.4, -0.2) is 33.4 Å². The Morgan fingerprint density at radius 2 is 1.88 bits per heavy atom. The lowest BCUT2D eigenvalue weighted by Crippen LogP contribution is -2.19. The molecule has 0 atom stereocenters. The van der Waals surface area contributed by atoms with Gasteiger partial charge in [0.2, 0.25) is 0 Å². The second kappa shape index (κ2) is 8.53. The summed E-state index contributed by atoms with van der Waals surface area (Å²) in [7, 11) is 1.54. The second-order valence-electron chi connectivity index (χ2n) is 5.61. The first-order valence-corrected chi connectivity index (χ1v) is 9.15. The smallest absolute Gasteiger partial charge is 0.343 e. The Labute approximate surface area is 155 Å². The van der Waals surface area contributed by atoms with Gasteiger partial charge in [-0.15, -0.1) is 5.10 Å². The number of carbonyl (C=O) groups excluding carboxylic acids is 1. The predicted octanol–water partition coefficient (Wildman–Crippen LogP) is 2.80. The van der Waals surface area contributed by atoms with E-state index in [9.17, 15) is 9.59 Å². The third-order valence-corrected chi connectivity index (χ3v) is 4.91. The lowest BCUT2D eigenvalue weighted by atomic mass is 10.1. The lowest BCUT2D eigenvalue weighted by molar-refractivity contribution is 0.101. The molecule has 26 heavy (non-hydrogen) atoms. The molecular formula is C19H19N3O3S. The number of thioether (sulfide) groups is 1. The highest BCUT2D eigenvalue weighted by molar-refractivity contribution is 7.99. The summed E-state index contributed by atoms with van der Waals surface area (Å²) in [4.78, 5) is 24.5. The van der Waals surface area contributed by atoms with Gasteiger partial charge in [0.05, 0.1) is 18.4 Å². The van der Waals surface area contributed by atoms with Crippen molar-refractivity contribution in [2.75, 3.05) is 12.9 Å². The third kappa shape index (κ3) is 4.23. The van der Waals surface area contributed by atoms with Crippen LogP contribution in [-0.2, 0) is 13.0 Å². The van der Waals surface area contributed by atoms with Crippen LogP contribution in [0.2, 0.25) is 0 Å². The van der Waals surface area contributed by atoms with Crippen molar-refractivity contribution >= 4 is 17.5 Å². The predicted molar refractivity (Wildman–Crippen MR) is 101 cm³/mol. The zero-order valence-electron chi connectivity index (χ0n) is 14.3. The second-order valence-corrected chi connectivity index (χ2v) is 6.55. The van der Waals surface area contributed by atoms with Gasteiger partial charge in [0.15, 0.2) is 10.9 Å². The summed E-state index contributed by atoms with van der Waals surface area (Å²) >= 11 is 1.24. The number of aromatic nitrogens is 3. The summed E-state index contributed by atoms with van der Waals surface area (Å²) in [5, 5.41) is 7.01. The summed E-state index contributed by atoms with van der Waals surface area (Å²) in [5.41, 5.74) is 1.39. The maximum atomic E-state index is 12.5. The van der Waals surface area contributed by atoms with Crippen LogP contribution in [0.5, 0.6) is 5.75 Å². The highest BCUT2D eigenvalue weighted by Gasteiger charge is 2.15. The SMILES string of the molecule is COc1ccccc1C(=O)CSc1n[nH]c(=O)n1CCc1ccccc1. The van der Waals surface area contributed by atoms with Gasteiger partial charge in [0.25, 0.3) is 0 Å². The van der Waals surface area contributed by atoms with Gasteiger partial charge in [-0.1, -0.05) is 54.2 Å². The molecule has 0 unspecified atom stereocenters. The number of ether oxygens (including phenoxy) is 1. The summed E-state index contributed by atoms with van der Waals surface area (Å²) < 4.78 is 6.79. The number of nitrogens with one attached hydrogen (secondary N) is 1. The number of rotatable bonds is 8. The molecule has 6 nitrogen and oxygen atoms in total. The van der Waals surface area contributed by atoms with Crippen molar-refractivity contribution in [3.8, 4) is 5.75 Å². The van der Waals surface area contributed by atoms with Crippen LogP contribution in [0, 0.1) is 0 Å². The first kappa shape index (κ1) is 18.0. The number of benzene rings is 2. The molecule has 3 rings (SSSR count). The first-order valence-electron chi connectivity index (χ1n) is 8.17. The summed E-state index contributed by atoms with van der Waals surface area (Å²) in [5.74, 6) is 0.648. The Bertz CT molecular complexity index is 934. The molecule has 0 aliphatic rings. The molecule has 0 saturated carbocycles. The number of aryl methyl sites for hydroxylation is 1. The Morgan fingerprint density at radius 1 is 1.15 bits per heavy atom. The van der Waals surface area contributed by atoms with E-state index >= 15 is 0 Å². The molecular weight excluding hydrogens is 350 g/mol. The molecule has 0 fully saturated rings. The minimum absolute atomic E-state index is 0.0718. The molecule has 0 radical (unpaired) electrons. The average molecular weight is 369 g/mol. The number of hydrogen-bond acceptors (Lipinski definition) is 5. The number of aromatic amines is 1. The maximum absolute atomic E-state index is 12.5. The fraction of sp³-hybridized carbons (Fsp3) is 0.211. The Hall–Kier alpha value is -2.80. The molecule has 7 heteroatoms. The van der Waals surface area contributed by atoms with Crippen molar-refractivity contribution in [1.82, 2.24) is 14.8 Å². The van der Waals surface area contributed by atoms with Gasteiger partial charge in [-0.2, -0.15) is 0 Å². The van der Waals surface area contributed by atoms with Gasteiger partial charge in [0, 0.05) is 6.54 Å². The number of ketones is 1. The molecule has 134 valence electrons. The first-order chi connectivity index (χ1) is 12.7. The molecule has 3 aromatic rings. The molecule has 0 saturated heterocycles. The van der Waals surface area contributed by atoms with Crippen molar-refractivity contribution in [2.24, 2.45) is 0 Å². The topological polar surface area (TPSA) is 77.0 Å². The van der Waals surface area contributed by atoms with Crippen LogP contribution >= 0.6 is 11.8 Å². The highest BCUT2D eigenvalue weighted by Crippen LogP contribution is 2.22. The summed E-state index contributed by atoms with van der Waals surface area (Å²) in [6.07, 6.45) is 0.717. The van der Waals surface area contributed by atoms with E-state index in [1.54, 1.807) is 22.8 Å². The molecule has 1 N–H and O–H groups in total. The van der Waals surface area contributed by atoms with Crippen molar-refractivity contribution < 1.29 is 9.53 Å². The van der Waals surface area contributed by atoms with Gasteiger partial charge in [-0.3, -0.25) is 9.36 Å². The molecule has 0 spiro atoms. The van der Waals surface area contributed by atoms with Crippen LogP contribution in [0.3, 0.4) is 0 Å². The van der Waals surface area contributed by atoms with E-state index in [2.05, 4.69) is 10.2 Å².